The third kappa shape index (κ3) is 9.74. The number of carbonyl (C=O) groups excluding carboxylic acids is 2. The molecule has 0 fully saturated rings. The van der Waals surface area contributed by atoms with Crippen molar-refractivity contribution < 1.29 is 29.3 Å². The van der Waals surface area contributed by atoms with Crippen molar-refractivity contribution in [1.29, 1.82) is 0 Å². The number of rotatable bonds is 16. The van der Waals surface area contributed by atoms with Crippen LogP contribution >= 0.6 is 0 Å². The molecule has 45 heavy (non-hydrogen) atoms. The molecule has 6 nitrogen and oxygen atoms in total. The highest BCUT2D eigenvalue weighted by molar-refractivity contribution is 5.88. The lowest BCUT2D eigenvalue weighted by Gasteiger charge is -2.24. The summed E-state index contributed by atoms with van der Waals surface area (Å²) >= 11 is 0. The van der Waals surface area contributed by atoms with Gasteiger partial charge in [0.1, 0.15) is 0 Å². The molecule has 0 amide bonds. The maximum atomic E-state index is 11.9. The van der Waals surface area contributed by atoms with Gasteiger partial charge in [0.25, 0.3) is 0 Å². The van der Waals surface area contributed by atoms with Crippen molar-refractivity contribution in [2.45, 2.75) is 70.6 Å². The van der Waals surface area contributed by atoms with Gasteiger partial charge in [-0.2, -0.15) is 0 Å². The fourth-order valence-corrected chi connectivity index (χ4v) is 5.79. The van der Waals surface area contributed by atoms with Crippen LogP contribution in [-0.2, 0) is 38.3 Å². The van der Waals surface area contributed by atoms with Gasteiger partial charge < -0.3 is 19.7 Å². The number of allylic oxidation sites excluding steroid dienone is 2. The fraction of sp³-hybridized carbons (Fsp3) is 0.385. The minimum Gasteiger partial charge on any atom is -0.462 e. The molecule has 3 aromatic rings. The van der Waals surface area contributed by atoms with Gasteiger partial charge in [-0.05, 0) is 82.2 Å². The molecule has 238 valence electrons. The van der Waals surface area contributed by atoms with E-state index in [9.17, 15) is 9.59 Å². The summed E-state index contributed by atoms with van der Waals surface area (Å²) < 4.78 is 10.6. The van der Waals surface area contributed by atoms with Gasteiger partial charge in [0, 0.05) is 12.8 Å². The Morgan fingerprint density at radius 1 is 0.778 bits per heavy atom. The third-order valence-electron chi connectivity index (χ3n) is 8.51. The number of ether oxygens (including phenoxy) is 2. The highest BCUT2D eigenvalue weighted by atomic mass is 16.5. The van der Waals surface area contributed by atoms with Crippen LogP contribution in [0.15, 0.2) is 85.0 Å². The summed E-state index contributed by atoms with van der Waals surface area (Å²) in [6.45, 7) is 8.73. The molecule has 1 aliphatic rings. The van der Waals surface area contributed by atoms with Crippen molar-refractivity contribution in [3.8, 4) is 0 Å². The SMILES string of the molecule is C=C(CO)C(=O)OCCc1cc(CCOC(=O)C(=C)CO)cc(C2=CCC(c3ccc4cc(CCCCC)ccc4c3)CC2)c1. The van der Waals surface area contributed by atoms with E-state index in [1.807, 2.05) is 6.07 Å². The van der Waals surface area contributed by atoms with Gasteiger partial charge in [-0.25, -0.2) is 9.59 Å². The maximum Gasteiger partial charge on any atom is 0.335 e. The molecule has 1 atom stereocenters. The summed E-state index contributed by atoms with van der Waals surface area (Å²) in [6.07, 6.45) is 11.2. The Morgan fingerprint density at radius 2 is 1.40 bits per heavy atom. The average Bonchev–Trinajstić information content (AvgIpc) is 3.07. The molecule has 0 aliphatic heterocycles. The first-order valence-corrected chi connectivity index (χ1v) is 16.1. The summed E-state index contributed by atoms with van der Waals surface area (Å²) in [5, 5.41) is 20.9. The van der Waals surface area contributed by atoms with E-state index in [2.05, 4.69) is 74.7 Å². The molecule has 6 heteroatoms. The number of fused-ring (bicyclic) bond motifs is 1. The Labute approximate surface area is 267 Å². The van der Waals surface area contributed by atoms with Crippen LogP contribution in [0.3, 0.4) is 0 Å². The van der Waals surface area contributed by atoms with Crippen LogP contribution < -0.4 is 0 Å². The van der Waals surface area contributed by atoms with E-state index in [-0.39, 0.29) is 24.4 Å². The molecule has 3 aromatic carbocycles. The van der Waals surface area contributed by atoms with Crippen molar-refractivity contribution in [2.24, 2.45) is 0 Å². The molecule has 4 rings (SSSR count). The summed E-state index contributed by atoms with van der Waals surface area (Å²) in [6, 6.07) is 20.1. The molecule has 0 saturated carbocycles. The van der Waals surface area contributed by atoms with Gasteiger partial charge in [-0.15, -0.1) is 0 Å². The summed E-state index contributed by atoms with van der Waals surface area (Å²) in [5.41, 5.74) is 7.25. The predicted octanol–water partition coefficient (Wildman–Crippen LogP) is 7.19. The van der Waals surface area contributed by atoms with Crippen LogP contribution in [-0.4, -0.2) is 48.6 Å². The molecular formula is C39H46O6. The van der Waals surface area contributed by atoms with Crippen LogP contribution in [0.4, 0.5) is 0 Å². The second-order valence-corrected chi connectivity index (χ2v) is 11.9. The molecule has 1 unspecified atom stereocenters. The lowest BCUT2D eigenvalue weighted by molar-refractivity contribution is -0.140. The zero-order chi connectivity index (χ0) is 32.2. The van der Waals surface area contributed by atoms with E-state index in [0.29, 0.717) is 18.8 Å². The van der Waals surface area contributed by atoms with Gasteiger partial charge in [-0.1, -0.05) is 93.6 Å². The smallest absolute Gasteiger partial charge is 0.335 e. The van der Waals surface area contributed by atoms with E-state index >= 15 is 0 Å². The minimum atomic E-state index is -0.605. The molecule has 0 aromatic heterocycles. The van der Waals surface area contributed by atoms with E-state index < -0.39 is 25.2 Å². The van der Waals surface area contributed by atoms with Gasteiger partial charge in [-0.3, -0.25) is 0 Å². The fourth-order valence-electron chi connectivity index (χ4n) is 5.79. The Hall–Kier alpha value is -4.00. The van der Waals surface area contributed by atoms with E-state index in [4.69, 9.17) is 19.7 Å². The summed E-state index contributed by atoms with van der Waals surface area (Å²) in [7, 11) is 0. The highest BCUT2D eigenvalue weighted by Crippen LogP contribution is 2.37. The Morgan fingerprint density at radius 3 is 1.98 bits per heavy atom. The van der Waals surface area contributed by atoms with Crippen LogP contribution in [0, 0.1) is 0 Å². The Balaban J connectivity index is 1.46. The quantitative estimate of drug-likeness (QED) is 0.101. The van der Waals surface area contributed by atoms with Crippen LogP contribution in [0.1, 0.15) is 79.2 Å². The maximum absolute atomic E-state index is 11.9. The van der Waals surface area contributed by atoms with Crippen molar-refractivity contribution in [2.75, 3.05) is 26.4 Å². The second kappa shape index (κ2) is 16.9. The van der Waals surface area contributed by atoms with Gasteiger partial charge in [0.05, 0.1) is 37.6 Å². The van der Waals surface area contributed by atoms with Crippen molar-refractivity contribution in [3.63, 3.8) is 0 Å². The number of aryl methyl sites for hydroxylation is 1. The zero-order valence-electron chi connectivity index (χ0n) is 26.5. The van der Waals surface area contributed by atoms with Crippen LogP contribution in [0.5, 0.6) is 0 Å². The minimum absolute atomic E-state index is 0.0243. The number of carbonyl (C=O) groups is 2. The normalized spacial score (nSPS) is 14.6. The lowest BCUT2D eigenvalue weighted by atomic mass is 9.81. The first kappa shape index (κ1) is 33.9. The van der Waals surface area contributed by atoms with Crippen molar-refractivity contribution >= 4 is 28.3 Å². The Bertz CT molecular complexity index is 1500. The molecule has 0 saturated heterocycles. The number of hydrogen-bond donors (Lipinski definition) is 2. The van der Waals surface area contributed by atoms with E-state index in [0.717, 1.165) is 42.4 Å². The highest BCUT2D eigenvalue weighted by Gasteiger charge is 2.19. The van der Waals surface area contributed by atoms with Gasteiger partial charge >= 0.3 is 11.9 Å². The topological polar surface area (TPSA) is 93.1 Å². The summed E-state index contributed by atoms with van der Waals surface area (Å²) in [4.78, 5) is 23.9. The van der Waals surface area contributed by atoms with Gasteiger partial charge in [0.15, 0.2) is 0 Å². The molecule has 0 radical (unpaired) electrons. The Kier molecular flexibility index (Phi) is 12.7. The zero-order valence-corrected chi connectivity index (χ0v) is 26.5. The molecule has 2 N–H and O–H groups in total. The number of aliphatic hydroxyl groups is 2. The number of unbranched alkanes of at least 4 members (excludes halogenated alkanes) is 2. The molecule has 0 bridgehead atoms. The lowest BCUT2D eigenvalue weighted by Crippen LogP contribution is -2.13. The first-order chi connectivity index (χ1) is 21.8. The van der Waals surface area contributed by atoms with Crippen molar-refractivity contribution in [1.82, 2.24) is 0 Å². The molecule has 0 heterocycles. The van der Waals surface area contributed by atoms with Crippen LogP contribution in [0.2, 0.25) is 0 Å². The largest absolute Gasteiger partial charge is 0.462 e. The first-order valence-electron chi connectivity index (χ1n) is 16.1. The number of esters is 2. The van der Waals surface area contributed by atoms with E-state index in [1.165, 1.54) is 46.7 Å². The predicted molar refractivity (Wildman–Crippen MR) is 180 cm³/mol. The monoisotopic (exact) mass is 610 g/mol. The third-order valence-corrected chi connectivity index (χ3v) is 8.51. The van der Waals surface area contributed by atoms with E-state index in [1.54, 1.807) is 0 Å². The standard InChI is InChI=1S/C39H46O6/c1-4-5-6-7-29-8-9-36-24-35(15-14-34(36)21-29)32-10-12-33(13-11-32)37-22-30(16-18-44-38(42)27(2)25-40)20-31(23-37)17-19-45-39(43)28(3)26-41/h8-9,12,14-15,20-24,32,40-41H,2-7,10-11,13,16-19,25-26H2,1H3. The number of hydrogen-bond acceptors (Lipinski definition) is 6. The average molecular weight is 611 g/mol. The molecule has 1 aliphatic carbocycles. The van der Waals surface area contributed by atoms with Crippen molar-refractivity contribution in [3.05, 3.63) is 113 Å². The van der Waals surface area contributed by atoms with Crippen LogP contribution in [0.25, 0.3) is 16.3 Å². The van der Waals surface area contributed by atoms with Gasteiger partial charge in [0.2, 0.25) is 0 Å². The number of benzene rings is 3. The summed E-state index contributed by atoms with van der Waals surface area (Å²) in [5.74, 6) is -0.748. The molecular weight excluding hydrogens is 564 g/mol. The molecule has 0 spiro atoms. The second-order valence-electron chi connectivity index (χ2n) is 11.9. The number of aliphatic hydroxyl groups excluding tert-OH is 2.